The lowest BCUT2D eigenvalue weighted by Gasteiger charge is -2.11. The van der Waals surface area contributed by atoms with Gasteiger partial charge < -0.3 is 14.0 Å². The number of ketones is 1. The molecule has 0 saturated heterocycles. The Morgan fingerprint density at radius 3 is 2.52 bits per heavy atom. The number of hydrogen-bond acceptors (Lipinski definition) is 4. The molecule has 1 heterocycles. The number of rotatable bonds is 8. The van der Waals surface area contributed by atoms with Gasteiger partial charge in [0.2, 0.25) is 5.78 Å². The quantitative estimate of drug-likeness (QED) is 0.533. The first-order valence-corrected chi connectivity index (χ1v) is 9.48. The third kappa shape index (κ3) is 4.67. The number of methoxy groups -OCH3 is 1. The van der Waals surface area contributed by atoms with Gasteiger partial charge in [-0.3, -0.25) is 4.79 Å². The molecule has 0 bridgehead atoms. The monoisotopic (exact) mass is 388 g/mol. The van der Waals surface area contributed by atoms with Crippen molar-refractivity contribution in [3.8, 4) is 17.6 Å². The number of hydrogen-bond donors (Lipinski definition) is 0. The molecule has 5 nitrogen and oxygen atoms in total. The van der Waals surface area contributed by atoms with Crippen molar-refractivity contribution in [2.24, 2.45) is 0 Å². The Labute approximate surface area is 171 Å². The highest BCUT2D eigenvalue weighted by Crippen LogP contribution is 2.28. The smallest absolute Gasteiger partial charge is 0.202 e. The van der Waals surface area contributed by atoms with Gasteiger partial charge in [-0.1, -0.05) is 30.3 Å². The standard InChI is InChI=1S/C24H24N2O3/c1-17-13-21(18(2)26(17)12-11-19-7-5-4-6-8-19)22(27)16-29-23-10-9-20(15-25)14-24(23)28-3/h4-10,13-14H,11-12,16H2,1-3H3. The van der Waals surface area contributed by atoms with Crippen LogP contribution in [-0.2, 0) is 13.0 Å². The van der Waals surface area contributed by atoms with E-state index in [1.54, 1.807) is 18.2 Å². The summed E-state index contributed by atoms with van der Waals surface area (Å²) in [6.45, 7) is 4.71. The first-order valence-electron chi connectivity index (χ1n) is 9.48. The van der Waals surface area contributed by atoms with E-state index in [0.29, 0.717) is 22.6 Å². The Balaban J connectivity index is 1.69. The van der Waals surface area contributed by atoms with Gasteiger partial charge in [0.05, 0.1) is 18.7 Å². The van der Waals surface area contributed by atoms with Gasteiger partial charge in [-0.05, 0) is 44.0 Å². The normalized spacial score (nSPS) is 10.4. The predicted molar refractivity (Wildman–Crippen MR) is 112 cm³/mol. The number of carbonyl (C=O) groups excluding carboxylic acids is 1. The van der Waals surface area contributed by atoms with Crippen LogP contribution in [0.15, 0.2) is 54.6 Å². The maximum Gasteiger partial charge on any atom is 0.202 e. The van der Waals surface area contributed by atoms with E-state index in [1.807, 2.05) is 38.1 Å². The van der Waals surface area contributed by atoms with Crippen molar-refractivity contribution in [2.45, 2.75) is 26.8 Å². The van der Waals surface area contributed by atoms with E-state index in [1.165, 1.54) is 12.7 Å². The van der Waals surface area contributed by atoms with Gasteiger partial charge in [-0.2, -0.15) is 5.26 Å². The molecule has 0 aliphatic carbocycles. The van der Waals surface area contributed by atoms with Crippen molar-refractivity contribution >= 4 is 5.78 Å². The Morgan fingerprint density at radius 2 is 1.83 bits per heavy atom. The van der Waals surface area contributed by atoms with Crippen LogP contribution >= 0.6 is 0 Å². The number of carbonyl (C=O) groups is 1. The molecule has 0 unspecified atom stereocenters. The van der Waals surface area contributed by atoms with Crippen molar-refractivity contribution < 1.29 is 14.3 Å². The van der Waals surface area contributed by atoms with Gasteiger partial charge in [0.15, 0.2) is 18.1 Å². The number of nitrogens with zero attached hydrogens (tertiary/aromatic N) is 2. The lowest BCUT2D eigenvalue weighted by molar-refractivity contribution is 0.0918. The fourth-order valence-corrected chi connectivity index (χ4v) is 3.39. The fraction of sp³-hybridized carbons (Fsp3) is 0.250. The van der Waals surface area contributed by atoms with Crippen molar-refractivity contribution in [1.82, 2.24) is 4.57 Å². The summed E-state index contributed by atoms with van der Waals surface area (Å²) in [7, 11) is 1.51. The van der Waals surface area contributed by atoms with Crippen LogP contribution in [0, 0.1) is 25.2 Å². The second-order valence-electron chi connectivity index (χ2n) is 6.86. The highest BCUT2D eigenvalue weighted by Gasteiger charge is 2.17. The van der Waals surface area contributed by atoms with E-state index in [2.05, 4.69) is 22.8 Å². The summed E-state index contributed by atoms with van der Waals surface area (Å²) in [5, 5.41) is 8.99. The molecule has 0 N–H and O–H groups in total. The molecule has 29 heavy (non-hydrogen) atoms. The molecule has 3 rings (SSSR count). The fourth-order valence-electron chi connectivity index (χ4n) is 3.39. The van der Waals surface area contributed by atoms with E-state index in [9.17, 15) is 4.79 Å². The zero-order valence-electron chi connectivity index (χ0n) is 16.9. The molecular weight excluding hydrogens is 364 g/mol. The summed E-state index contributed by atoms with van der Waals surface area (Å²) in [6, 6.07) is 19.2. The molecule has 0 saturated carbocycles. The van der Waals surface area contributed by atoms with Crippen LogP contribution in [0.5, 0.6) is 11.5 Å². The molecule has 3 aromatic rings. The number of benzene rings is 2. The van der Waals surface area contributed by atoms with E-state index in [-0.39, 0.29) is 12.4 Å². The van der Waals surface area contributed by atoms with E-state index in [4.69, 9.17) is 14.7 Å². The molecule has 5 heteroatoms. The van der Waals surface area contributed by atoms with Crippen LogP contribution in [0.3, 0.4) is 0 Å². The Kier molecular flexibility index (Phi) is 6.36. The highest BCUT2D eigenvalue weighted by molar-refractivity contribution is 5.98. The lowest BCUT2D eigenvalue weighted by atomic mass is 10.1. The van der Waals surface area contributed by atoms with Crippen molar-refractivity contribution in [3.63, 3.8) is 0 Å². The van der Waals surface area contributed by atoms with E-state index >= 15 is 0 Å². The summed E-state index contributed by atoms with van der Waals surface area (Å²) < 4.78 is 13.1. The third-order valence-electron chi connectivity index (χ3n) is 4.99. The molecule has 0 atom stereocenters. The second-order valence-corrected chi connectivity index (χ2v) is 6.86. The maximum atomic E-state index is 12.8. The van der Waals surface area contributed by atoms with Gasteiger partial charge >= 0.3 is 0 Å². The van der Waals surface area contributed by atoms with Gasteiger partial charge in [-0.25, -0.2) is 0 Å². The van der Waals surface area contributed by atoms with Crippen molar-refractivity contribution in [3.05, 3.63) is 82.7 Å². The van der Waals surface area contributed by atoms with Crippen LogP contribution in [0.1, 0.15) is 32.9 Å². The zero-order valence-corrected chi connectivity index (χ0v) is 16.9. The molecule has 0 aliphatic heterocycles. The first kappa shape index (κ1) is 20.2. The number of nitriles is 1. The van der Waals surface area contributed by atoms with Crippen molar-refractivity contribution in [1.29, 1.82) is 5.26 Å². The molecule has 2 aromatic carbocycles. The first-order chi connectivity index (χ1) is 14.0. The van der Waals surface area contributed by atoms with Crippen LogP contribution < -0.4 is 9.47 Å². The van der Waals surface area contributed by atoms with Crippen LogP contribution in [-0.4, -0.2) is 24.1 Å². The Bertz CT molecular complexity index is 1050. The minimum absolute atomic E-state index is 0.0875. The molecular formula is C24H24N2O3. The minimum atomic E-state index is -0.0920. The van der Waals surface area contributed by atoms with Gasteiger partial charge in [0.1, 0.15) is 0 Å². The lowest BCUT2D eigenvalue weighted by Crippen LogP contribution is -2.13. The highest BCUT2D eigenvalue weighted by atomic mass is 16.5. The summed E-state index contributed by atoms with van der Waals surface area (Å²) in [5.41, 5.74) is 4.41. The zero-order chi connectivity index (χ0) is 20.8. The molecule has 1 aromatic heterocycles. The summed E-state index contributed by atoms with van der Waals surface area (Å²) in [4.78, 5) is 12.8. The predicted octanol–water partition coefficient (Wildman–Crippen LogP) is 4.49. The SMILES string of the molecule is COc1cc(C#N)ccc1OCC(=O)c1cc(C)n(CCc2ccccc2)c1C. The maximum absolute atomic E-state index is 12.8. The summed E-state index contributed by atoms with van der Waals surface area (Å²) >= 11 is 0. The summed E-state index contributed by atoms with van der Waals surface area (Å²) in [5.74, 6) is 0.790. The third-order valence-corrected chi connectivity index (χ3v) is 4.99. The number of aromatic nitrogens is 1. The number of aryl methyl sites for hydroxylation is 2. The van der Waals surface area contributed by atoms with Gasteiger partial charge in [0, 0.05) is 29.6 Å². The van der Waals surface area contributed by atoms with Crippen LogP contribution in [0.2, 0.25) is 0 Å². The largest absolute Gasteiger partial charge is 0.493 e. The second kappa shape index (κ2) is 9.11. The number of Topliss-reactive ketones (excluding diaryl/α,β-unsaturated/α-hetero) is 1. The van der Waals surface area contributed by atoms with Crippen molar-refractivity contribution in [2.75, 3.05) is 13.7 Å². The molecule has 0 spiro atoms. The summed E-state index contributed by atoms with van der Waals surface area (Å²) in [6.07, 6.45) is 0.907. The van der Waals surface area contributed by atoms with E-state index in [0.717, 1.165) is 24.4 Å². The average Bonchev–Trinajstić information content (AvgIpc) is 3.04. The molecule has 0 radical (unpaired) electrons. The molecule has 0 amide bonds. The molecule has 148 valence electrons. The number of ether oxygens (including phenoxy) is 2. The van der Waals surface area contributed by atoms with Gasteiger partial charge in [-0.15, -0.1) is 0 Å². The van der Waals surface area contributed by atoms with Gasteiger partial charge in [0.25, 0.3) is 0 Å². The Hall–Kier alpha value is -3.52. The molecule has 0 aliphatic rings. The minimum Gasteiger partial charge on any atom is -0.493 e. The molecule has 0 fully saturated rings. The average molecular weight is 388 g/mol. The topological polar surface area (TPSA) is 64.2 Å². The van der Waals surface area contributed by atoms with E-state index < -0.39 is 0 Å². The Morgan fingerprint density at radius 1 is 1.07 bits per heavy atom. The van der Waals surface area contributed by atoms with Crippen LogP contribution in [0.4, 0.5) is 0 Å². The van der Waals surface area contributed by atoms with Crippen LogP contribution in [0.25, 0.3) is 0 Å².